The third kappa shape index (κ3) is 4.99. The maximum Gasteiger partial charge on any atom is 0.333 e. The molecule has 0 aromatic rings. The molecule has 1 atom stereocenters. The molecule has 0 aromatic heterocycles. The first kappa shape index (κ1) is 15.6. The molecule has 1 amide bonds. The number of hydrogen-bond acceptors (Lipinski definition) is 4. The maximum atomic E-state index is 11.7. The Morgan fingerprint density at radius 3 is 2.41 bits per heavy atom. The third-order valence-corrected chi connectivity index (χ3v) is 2.57. The molecular formula is C12H21NO4. The molecule has 5 nitrogen and oxygen atoms in total. The lowest BCUT2D eigenvalue weighted by Crippen LogP contribution is -2.46. The molecule has 0 aromatic carbocycles. The van der Waals surface area contributed by atoms with E-state index in [0.717, 1.165) is 0 Å². The van der Waals surface area contributed by atoms with E-state index in [2.05, 4.69) is 11.9 Å². The molecule has 1 N–H and O–H groups in total. The van der Waals surface area contributed by atoms with Crippen molar-refractivity contribution >= 4 is 11.9 Å². The average Bonchev–Trinajstić information content (AvgIpc) is 2.32. The van der Waals surface area contributed by atoms with Gasteiger partial charge in [-0.15, -0.1) is 0 Å². The third-order valence-electron chi connectivity index (χ3n) is 2.57. The number of carbonyl (C=O) groups is 2. The zero-order chi connectivity index (χ0) is 13.5. The first-order valence-corrected chi connectivity index (χ1v) is 5.53. The zero-order valence-electron chi connectivity index (χ0n) is 11.0. The lowest BCUT2D eigenvalue weighted by molar-refractivity contribution is -0.144. The summed E-state index contributed by atoms with van der Waals surface area (Å²) in [7, 11) is 1.49. The molecule has 0 heterocycles. The number of hydrogen-bond donors (Lipinski definition) is 1. The van der Waals surface area contributed by atoms with Crippen molar-refractivity contribution in [3.63, 3.8) is 0 Å². The van der Waals surface area contributed by atoms with Gasteiger partial charge in [-0.05, 0) is 20.3 Å². The Bertz CT molecular complexity index is 295. The van der Waals surface area contributed by atoms with E-state index in [4.69, 9.17) is 9.47 Å². The van der Waals surface area contributed by atoms with Gasteiger partial charge in [0.15, 0.2) is 0 Å². The Morgan fingerprint density at radius 2 is 2.00 bits per heavy atom. The van der Waals surface area contributed by atoms with Gasteiger partial charge < -0.3 is 14.8 Å². The van der Waals surface area contributed by atoms with Gasteiger partial charge in [0.2, 0.25) is 0 Å². The number of amides is 1. The van der Waals surface area contributed by atoms with Crippen molar-refractivity contribution in [2.75, 3.05) is 20.3 Å². The fourth-order valence-corrected chi connectivity index (χ4v) is 1.02. The molecule has 98 valence electrons. The lowest BCUT2D eigenvalue weighted by atomic mass is 10.0. The SMILES string of the molecule is C=C(C)C(=O)OCCNC(=O)C(C)(CC)OC. The second-order valence-corrected chi connectivity index (χ2v) is 3.96. The van der Waals surface area contributed by atoms with E-state index in [0.29, 0.717) is 12.0 Å². The van der Waals surface area contributed by atoms with Crippen molar-refractivity contribution in [2.24, 2.45) is 0 Å². The second-order valence-electron chi connectivity index (χ2n) is 3.96. The quantitative estimate of drug-likeness (QED) is 0.412. The van der Waals surface area contributed by atoms with E-state index in [-0.39, 0.29) is 19.1 Å². The van der Waals surface area contributed by atoms with E-state index in [9.17, 15) is 9.59 Å². The highest BCUT2D eigenvalue weighted by molar-refractivity contribution is 5.87. The van der Waals surface area contributed by atoms with Crippen molar-refractivity contribution < 1.29 is 19.1 Å². The molecule has 5 heteroatoms. The van der Waals surface area contributed by atoms with Crippen LogP contribution in [-0.4, -0.2) is 37.7 Å². The summed E-state index contributed by atoms with van der Waals surface area (Å²) in [5.74, 6) is -0.668. The smallest absolute Gasteiger partial charge is 0.333 e. The highest BCUT2D eigenvalue weighted by Crippen LogP contribution is 2.13. The van der Waals surface area contributed by atoms with Crippen LogP contribution in [0, 0.1) is 0 Å². The van der Waals surface area contributed by atoms with Crippen LogP contribution >= 0.6 is 0 Å². The Balaban J connectivity index is 3.94. The van der Waals surface area contributed by atoms with Crippen LogP contribution in [0.25, 0.3) is 0 Å². The summed E-state index contributed by atoms with van der Waals surface area (Å²) in [6.07, 6.45) is 0.570. The number of nitrogens with one attached hydrogen (secondary N) is 1. The van der Waals surface area contributed by atoms with E-state index in [1.165, 1.54) is 7.11 Å². The topological polar surface area (TPSA) is 64.6 Å². The first-order chi connectivity index (χ1) is 7.87. The average molecular weight is 243 g/mol. The Morgan fingerprint density at radius 1 is 1.41 bits per heavy atom. The van der Waals surface area contributed by atoms with Crippen LogP contribution < -0.4 is 5.32 Å². The first-order valence-electron chi connectivity index (χ1n) is 5.53. The molecule has 0 bridgehead atoms. The summed E-state index contributed by atoms with van der Waals surface area (Å²) in [5, 5.41) is 2.65. The van der Waals surface area contributed by atoms with E-state index >= 15 is 0 Å². The van der Waals surface area contributed by atoms with Gasteiger partial charge in [0.25, 0.3) is 5.91 Å². The molecule has 17 heavy (non-hydrogen) atoms. The highest BCUT2D eigenvalue weighted by atomic mass is 16.5. The molecule has 0 aliphatic heterocycles. The zero-order valence-corrected chi connectivity index (χ0v) is 11.0. The number of rotatable bonds is 7. The molecule has 0 aliphatic carbocycles. The Kier molecular flexibility index (Phi) is 6.50. The predicted octanol–water partition coefficient (Wildman–Crippen LogP) is 1.04. The van der Waals surface area contributed by atoms with Crippen LogP contribution in [0.15, 0.2) is 12.2 Å². The summed E-state index contributed by atoms with van der Waals surface area (Å²) in [6.45, 7) is 8.98. The van der Waals surface area contributed by atoms with E-state index in [1.54, 1.807) is 13.8 Å². The number of esters is 1. The summed E-state index contributed by atoms with van der Waals surface area (Å²) in [6, 6.07) is 0. The minimum Gasteiger partial charge on any atom is -0.460 e. The molecule has 0 aliphatic rings. The van der Waals surface area contributed by atoms with Crippen LogP contribution in [0.1, 0.15) is 27.2 Å². The summed E-state index contributed by atoms with van der Waals surface area (Å²) in [4.78, 5) is 22.7. The van der Waals surface area contributed by atoms with Crippen molar-refractivity contribution in [1.82, 2.24) is 5.32 Å². The fraction of sp³-hybridized carbons (Fsp3) is 0.667. The monoisotopic (exact) mass is 243 g/mol. The van der Waals surface area contributed by atoms with Crippen molar-refractivity contribution in [3.8, 4) is 0 Å². The number of ether oxygens (including phenoxy) is 2. The Labute approximate surface area is 102 Å². The molecular weight excluding hydrogens is 222 g/mol. The van der Waals surface area contributed by atoms with E-state index in [1.807, 2.05) is 6.92 Å². The molecule has 0 fully saturated rings. The van der Waals surface area contributed by atoms with Crippen LogP contribution in [0.4, 0.5) is 0 Å². The van der Waals surface area contributed by atoms with Gasteiger partial charge in [-0.1, -0.05) is 13.5 Å². The second kappa shape index (κ2) is 7.06. The number of carbonyl (C=O) groups excluding carboxylic acids is 2. The van der Waals surface area contributed by atoms with Gasteiger partial charge in [0.1, 0.15) is 12.2 Å². The van der Waals surface area contributed by atoms with Gasteiger partial charge in [-0.25, -0.2) is 4.79 Å². The largest absolute Gasteiger partial charge is 0.460 e. The molecule has 0 rings (SSSR count). The molecule has 1 unspecified atom stereocenters. The van der Waals surface area contributed by atoms with Crippen LogP contribution in [0.3, 0.4) is 0 Å². The van der Waals surface area contributed by atoms with Gasteiger partial charge in [0.05, 0.1) is 6.54 Å². The molecule has 0 saturated heterocycles. The van der Waals surface area contributed by atoms with Crippen LogP contribution in [0.2, 0.25) is 0 Å². The highest BCUT2D eigenvalue weighted by Gasteiger charge is 2.30. The van der Waals surface area contributed by atoms with Crippen molar-refractivity contribution in [1.29, 1.82) is 0 Å². The maximum absolute atomic E-state index is 11.7. The van der Waals surface area contributed by atoms with E-state index < -0.39 is 11.6 Å². The minimum atomic E-state index is -0.835. The summed E-state index contributed by atoms with van der Waals surface area (Å²) < 4.78 is 9.97. The number of methoxy groups -OCH3 is 1. The van der Waals surface area contributed by atoms with Gasteiger partial charge in [-0.3, -0.25) is 4.79 Å². The van der Waals surface area contributed by atoms with Crippen molar-refractivity contribution in [2.45, 2.75) is 32.8 Å². The van der Waals surface area contributed by atoms with Gasteiger partial charge in [0, 0.05) is 12.7 Å². The molecule has 0 radical (unpaired) electrons. The fourth-order valence-electron chi connectivity index (χ4n) is 1.02. The lowest BCUT2D eigenvalue weighted by Gasteiger charge is -2.25. The Hall–Kier alpha value is -1.36. The molecule has 0 saturated carbocycles. The predicted molar refractivity (Wildman–Crippen MR) is 64.5 cm³/mol. The summed E-state index contributed by atoms with van der Waals surface area (Å²) >= 11 is 0. The minimum absolute atomic E-state index is 0.126. The van der Waals surface area contributed by atoms with Crippen LogP contribution in [0.5, 0.6) is 0 Å². The summed E-state index contributed by atoms with van der Waals surface area (Å²) in [5.41, 5.74) is -0.495. The normalized spacial score (nSPS) is 13.6. The van der Waals surface area contributed by atoms with Gasteiger partial charge in [-0.2, -0.15) is 0 Å². The molecule has 0 spiro atoms. The van der Waals surface area contributed by atoms with Crippen molar-refractivity contribution in [3.05, 3.63) is 12.2 Å². The standard InChI is InChI=1S/C12H21NO4/c1-6-12(4,16-5)11(15)13-7-8-17-10(14)9(2)3/h2,6-8H2,1,3-5H3,(H,13,15). The van der Waals surface area contributed by atoms with Crippen LogP contribution in [-0.2, 0) is 19.1 Å². The van der Waals surface area contributed by atoms with Gasteiger partial charge >= 0.3 is 5.97 Å².